The summed E-state index contributed by atoms with van der Waals surface area (Å²) in [5.74, 6) is 0. The van der Waals surface area contributed by atoms with Gasteiger partial charge in [0, 0.05) is 17.1 Å². The van der Waals surface area contributed by atoms with Crippen LogP contribution < -0.4 is 5.73 Å². The quantitative estimate of drug-likeness (QED) is 0.783. The fourth-order valence-corrected chi connectivity index (χ4v) is 1.98. The Morgan fingerprint density at radius 3 is 3.06 bits per heavy atom. The molecule has 0 radical (unpaired) electrons. The first-order valence-corrected chi connectivity index (χ1v) is 5.81. The summed E-state index contributed by atoms with van der Waals surface area (Å²) in [5, 5.41) is 1.16. The number of H-pyrrole nitrogens is 1. The first kappa shape index (κ1) is 11.3. The number of nitrogens with two attached hydrogens (primary N) is 1. The SMILES string of the molecule is NCCc1c[nH]c2ccc(COP=O)cc12. The minimum atomic E-state index is -0.286. The lowest BCUT2D eigenvalue weighted by atomic mass is 10.1. The lowest BCUT2D eigenvalue weighted by molar-refractivity contribution is 0.332. The van der Waals surface area contributed by atoms with Crippen molar-refractivity contribution in [2.45, 2.75) is 13.0 Å². The molecule has 2 aromatic rings. The highest BCUT2D eigenvalue weighted by molar-refractivity contribution is 7.17. The Bertz CT molecular complexity index is 496. The highest BCUT2D eigenvalue weighted by atomic mass is 31.1. The molecule has 1 aromatic heterocycles. The van der Waals surface area contributed by atoms with Crippen LogP contribution in [0.5, 0.6) is 0 Å². The molecule has 0 saturated carbocycles. The summed E-state index contributed by atoms with van der Waals surface area (Å²) in [6.07, 6.45) is 2.83. The molecule has 0 aliphatic heterocycles. The fourth-order valence-electron chi connectivity index (χ4n) is 1.78. The molecule has 0 spiro atoms. The van der Waals surface area contributed by atoms with Gasteiger partial charge in [-0.05, 0) is 36.2 Å². The van der Waals surface area contributed by atoms with E-state index in [1.54, 1.807) is 0 Å². The van der Waals surface area contributed by atoms with E-state index in [0.717, 1.165) is 22.9 Å². The van der Waals surface area contributed by atoms with Crippen molar-refractivity contribution in [2.24, 2.45) is 5.73 Å². The van der Waals surface area contributed by atoms with E-state index >= 15 is 0 Å². The van der Waals surface area contributed by atoms with Crippen LogP contribution in [0.25, 0.3) is 10.9 Å². The smallest absolute Gasteiger partial charge is 0.327 e. The normalized spacial score (nSPS) is 11.3. The Balaban J connectivity index is 2.33. The second-order valence-corrected chi connectivity index (χ2v) is 3.99. The van der Waals surface area contributed by atoms with Crippen LogP contribution in [-0.4, -0.2) is 11.5 Å². The van der Waals surface area contributed by atoms with Crippen LogP contribution in [0.3, 0.4) is 0 Å². The van der Waals surface area contributed by atoms with E-state index in [4.69, 9.17) is 10.3 Å². The van der Waals surface area contributed by atoms with Crippen LogP contribution in [0.15, 0.2) is 24.4 Å². The molecule has 0 atom stereocenters. The third-order valence-corrected chi connectivity index (χ3v) is 2.76. The number of hydrogen-bond acceptors (Lipinski definition) is 3. The second-order valence-electron chi connectivity index (χ2n) is 3.58. The third-order valence-electron chi connectivity index (χ3n) is 2.53. The van der Waals surface area contributed by atoms with Crippen molar-refractivity contribution >= 4 is 19.6 Å². The number of aromatic nitrogens is 1. The largest absolute Gasteiger partial charge is 0.361 e. The molecule has 16 heavy (non-hydrogen) atoms. The molecule has 4 nitrogen and oxygen atoms in total. The molecule has 0 unspecified atom stereocenters. The average molecular weight is 236 g/mol. The Morgan fingerprint density at radius 1 is 1.44 bits per heavy atom. The summed E-state index contributed by atoms with van der Waals surface area (Å²) in [6.45, 7) is 0.987. The third kappa shape index (κ3) is 2.30. The maximum Gasteiger partial charge on any atom is 0.327 e. The van der Waals surface area contributed by atoms with Crippen molar-refractivity contribution in [2.75, 3.05) is 6.54 Å². The van der Waals surface area contributed by atoms with E-state index in [0.29, 0.717) is 13.2 Å². The summed E-state index contributed by atoms with van der Waals surface area (Å²) in [7, 11) is -0.286. The molecular weight excluding hydrogens is 223 g/mol. The van der Waals surface area contributed by atoms with Gasteiger partial charge in [0.1, 0.15) is 0 Å². The molecule has 1 aromatic carbocycles. The molecule has 5 heteroatoms. The Kier molecular flexibility index (Phi) is 3.67. The Morgan fingerprint density at radius 2 is 2.31 bits per heavy atom. The summed E-state index contributed by atoms with van der Waals surface area (Å²) in [4.78, 5) is 3.20. The van der Waals surface area contributed by atoms with Crippen molar-refractivity contribution in [3.63, 3.8) is 0 Å². The van der Waals surface area contributed by atoms with Crippen LogP contribution in [-0.2, 0) is 22.1 Å². The van der Waals surface area contributed by atoms with Gasteiger partial charge in [-0.15, -0.1) is 0 Å². The molecule has 3 N–H and O–H groups in total. The standard InChI is InChI=1S/C11H13N2O2P/c12-4-3-9-6-13-11-2-1-8(5-10(9)11)7-15-16-14/h1-2,5-6,13H,3-4,7,12H2. The van der Waals surface area contributed by atoms with Gasteiger partial charge in [0.2, 0.25) is 0 Å². The number of nitrogens with one attached hydrogen (secondary N) is 1. The lowest BCUT2D eigenvalue weighted by Crippen LogP contribution is -2.01. The predicted octanol–water partition coefficient (Wildman–Crippen LogP) is 2.39. The van der Waals surface area contributed by atoms with Gasteiger partial charge in [-0.25, -0.2) is 4.57 Å². The van der Waals surface area contributed by atoms with Crippen LogP contribution >= 0.6 is 8.69 Å². The minimum Gasteiger partial charge on any atom is -0.361 e. The van der Waals surface area contributed by atoms with Crippen LogP contribution in [0.2, 0.25) is 0 Å². The maximum absolute atomic E-state index is 10.2. The number of benzene rings is 1. The number of aromatic amines is 1. The van der Waals surface area contributed by atoms with E-state index in [1.807, 2.05) is 24.4 Å². The predicted molar refractivity (Wildman–Crippen MR) is 63.5 cm³/mol. The topological polar surface area (TPSA) is 68.1 Å². The van der Waals surface area contributed by atoms with Gasteiger partial charge in [-0.2, -0.15) is 0 Å². The van der Waals surface area contributed by atoms with Crippen LogP contribution in [0, 0.1) is 0 Å². The minimum absolute atomic E-state index is 0.286. The summed E-state index contributed by atoms with van der Waals surface area (Å²) < 4.78 is 15.0. The van der Waals surface area contributed by atoms with Crippen molar-refractivity contribution in [3.05, 3.63) is 35.5 Å². The van der Waals surface area contributed by atoms with Gasteiger partial charge >= 0.3 is 8.69 Å². The molecule has 1 heterocycles. The Labute approximate surface area is 95.1 Å². The van der Waals surface area contributed by atoms with Gasteiger partial charge in [0.05, 0.1) is 6.61 Å². The maximum atomic E-state index is 10.2. The molecule has 84 valence electrons. The van der Waals surface area contributed by atoms with Gasteiger partial charge in [-0.3, -0.25) is 4.52 Å². The van der Waals surface area contributed by atoms with E-state index in [9.17, 15) is 4.57 Å². The van der Waals surface area contributed by atoms with Crippen LogP contribution in [0.4, 0.5) is 0 Å². The van der Waals surface area contributed by atoms with Gasteiger partial charge < -0.3 is 10.7 Å². The zero-order valence-electron chi connectivity index (χ0n) is 8.77. The highest BCUT2D eigenvalue weighted by Gasteiger charge is 2.04. The molecule has 0 bridgehead atoms. The summed E-state index contributed by atoms with van der Waals surface area (Å²) >= 11 is 0. The number of hydrogen-bond donors (Lipinski definition) is 2. The highest BCUT2D eigenvalue weighted by Crippen LogP contribution is 2.21. The first-order valence-electron chi connectivity index (χ1n) is 5.08. The fraction of sp³-hybridized carbons (Fsp3) is 0.273. The number of fused-ring (bicyclic) bond motifs is 1. The van der Waals surface area contributed by atoms with E-state index < -0.39 is 0 Å². The monoisotopic (exact) mass is 236 g/mol. The first-order chi connectivity index (χ1) is 7.85. The molecule has 0 aliphatic rings. The molecular formula is C11H13N2O2P. The zero-order valence-corrected chi connectivity index (χ0v) is 9.67. The van der Waals surface area contributed by atoms with Crippen LogP contribution in [0.1, 0.15) is 11.1 Å². The van der Waals surface area contributed by atoms with Gasteiger partial charge in [0.15, 0.2) is 0 Å². The molecule has 0 saturated heterocycles. The van der Waals surface area contributed by atoms with E-state index in [1.165, 1.54) is 5.56 Å². The molecule has 0 aliphatic carbocycles. The molecule has 2 rings (SSSR count). The van der Waals surface area contributed by atoms with Crippen molar-refractivity contribution < 1.29 is 9.09 Å². The van der Waals surface area contributed by atoms with Gasteiger partial charge in [-0.1, -0.05) is 6.07 Å². The van der Waals surface area contributed by atoms with E-state index in [2.05, 4.69) is 4.98 Å². The Hall–Kier alpha value is -1.22. The zero-order chi connectivity index (χ0) is 11.4. The lowest BCUT2D eigenvalue weighted by Gasteiger charge is -2.00. The molecule has 0 amide bonds. The summed E-state index contributed by atoms with van der Waals surface area (Å²) in [5.41, 5.74) is 8.85. The average Bonchev–Trinajstić information content (AvgIpc) is 2.70. The van der Waals surface area contributed by atoms with Crippen molar-refractivity contribution in [3.8, 4) is 0 Å². The summed E-state index contributed by atoms with van der Waals surface area (Å²) in [6, 6.07) is 5.99. The number of rotatable bonds is 5. The van der Waals surface area contributed by atoms with E-state index in [-0.39, 0.29) is 8.69 Å². The van der Waals surface area contributed by atoms with Crippen molar-refractivity contribution in [1.82, 2.24) is 4.98 Å². The van der Waals surface area contributed by atoms with Crippen molar-refractivity contribution in [1.29, 1.82) is 0 Å². The van der Waals surface area contributed by atoms with Gasteiger partial charge in [0.25, 0.3) is 0 Å². The molecule has 0 fully saturated rings. The second kappa shape index (κ2) is 5.21.